The smallest absolute Gasteiger partial charge is 0.281 e. The van der Waals surface area contributed by atoms with Gasteiger partial charge < -0.3 is 9.73 Å². The Hall–Kier alpha value is -1.40. The molecule has 1 aromatic heterocycles. The monoisotopic (exact) mass is 281 g/mol. The molecule has 0 fully saturated rings. The van der Waals surface area contributed by atoms with Gasteiger partial charge in [-0.2, -0.15) is 0 Å². The number of aromatic nitrogens is 2. The lowest BCUT2D eigenvalue weighted by Gasteiger charge is -2.15. The summed E-state index contributed by atoms with van der Waals surface area (Å²) < 4.78 is 19.1. The minimum Gasteiger partial charge on any atom is -0.416 e. The number of rotatable bonds is 4. The Balaban J connectivity index is 2.39. The van der Waals surface area contributed by atoms with Gasteiger partial charge in [0.15, 0.2) is 0 Å². The molecular weight excluding hydrogens is 265 g/mol. The summed E-state index contributed by atoms with van der Waals surface area (Å²) in [4.78, 5) is 0.921. The molecule has 0 amide bonds. The van der Waals surface area contributed by atoms with Crippen LogP contribution >= 0.6 is 11.8 Å². The fraction of sp³-hybridized carbons (Fsp3) is 0.385. The van der Waals surface area contributed by atoms with Crippen molar-refractivity contribution in [3.05, 3.63) is 35.0 Å². The van der Waals surface area contributed by atoms with Gasteiger partial charge in [-0.15, -0.1) is 10.2 Å². The van der Waals surface area contributed by atoms with Crippen molar-refractivity contribution in [3.63, 3.8) is 0 Å². The van der Waals surface area contributed by atoms with E-state index in [0.29, 0.717) is 16.7 Å². The molecule has 0 spiro atoms. The van der Waals surface area contributed by atoms with E-state index in [4.69, 9.17) is 4.42 Å². The van der Waals surface area contributed by atoms with Crippen LogP contribution in [0.3, 0.4) is 0 Å². The van der Waals surface area contributed by atoms with Crippen molar-refractivity contribution in [2.24, 2.45) is 0 Å². The van der Waals surface area contributed by atoms with E-state index >= 15 is 0 Å². The third-order valence-corrected chi connectivity index (χ3v) is 3.81. The van der Waals surface area contributed by atoms with Crippen molar-refractivity contribution in [1.82, 2.24) is 15.5 Å². The largest absolute Gasteiger partial charge is 0.416 e. The average Bonchev–Trinajstić information content (AvgIpc) is 2.78. The van der Waals surface area contributed by atoms with Gasteiger partial charge in [-0.25, -0.2) is 4.39 Å². The Bertz CT molecular complexity index is 585. The number of benzene rings is 1. The molecule has 2 rings (SSSR count). The molecule has 19 heavy (non-hydrogen) atoms. The minimum absolute atomic E-state index is 0.0432. The van der Waals surface area contributed by atoms with E-state index in [0.717, 1.165) is 10.5 Å². The second-order valence-corrected chi connectivity index (χ2v) is 5.33. The first-order valence-corrected chi connectivity index (χ1v) is 6.78. The molecule has 1 aromatic carbocycles. The molecule has 102 valence electrons. The summed E-state index contributed by atoms with van der Waals surface area (Å²) in [6.07, 6.45) is 0. The fourth-order valence-electron chi connectivity index (χ4n) is 1.67. The Labute approximate surface area is 115 Å². The summed E-state index contributed by atoms with van der Waals surface area (Å²) in [6.45, 7) is 5.46. The summed E-state index contributed by atoms with van der Waals surface area (Å²) in [5.74, 6) is 0.313. The Morgan fingerprint density at radius 3 is 2.63 bits per heavy atom. The van der Waals surface area contributed by atoms with Gasteiger partial charge in [-0.05, 0) is 55.9 Å². The zero-order chi connectivity index (χ0) is 14.0. The molecule has 0 saturated heterocycles. The van der Waals surface area contributed by atoms with Gasteiger partial charge in [-0.1, -0.05) is 0 Å². The molecule has 4 nitrogen and oxygen atoms in total. The molecule has 0 aliphatic carbocycles. The predicted molar refractivity (Wildman–Crippen MR) is 71.8 cm³/mol. The molecular formula is C13H16FN3OS. The van der Waals surface area contributed by atoms with Gasteiger partial charge in [0, 0.05) is 17.9 Å². The van der Waals surface area contributed by atoms with E-state index in [2.05, 4.69) is 15.5 Å². The lowest BCUT2D eigenvalue weighted by atomic mass is 10.1. The van der Waals surface area contributed by atoms with Crippen LogP contribution in [0.2, 0.25) is 0 Å². The zero-order valence-corrected chi connectivity index (χ0v) is 12.1. The molecule has 0 aliphatic rings. The maximum atomic E-state index is 13.7. The van der Waals surface area contributed by atoms with Crippen LogP contribution in [0.5, 0.6) is 0 Å². The van der Waals surface area contributed by atoms with Gasteiger partial charge in [0.05, 0.1) is 0 Å². The summed E-state index contributed by atoms with van der Waals surface area (Å²) in [7, 11) is 1.84. The standard InChI is InChI=1S/C13H16FN3OS/c1-7-5-12(19-13-17-16-9(3)18-13)10(6-11(7)14)8(2)15-4/h5-6,8,15H,1-4H3. The summed E-state index contributed by atoms with van der Waals surface area (Å²) in [6, 6.07) is 3.41. The van der Waals surface area contributed by atoms with E-state index in [1.807, 2.05) is 20.0 Å². The second-order valence-electron chi connectivity index (χ2n) is 4.34. The second kappa shape index (κ2) is 5.71. The summed E-state index contributed by atoms with van der Waals surface area (Å²) in [5.41, 5.74) is 1.48. The first-order valence-electron chi connectivity index (χ1n) is 5.96. The van der Waals surface area contributed by atoms with E-state index in [-0.39, 0.29) is 11.9 Å². The first kappa shape index (κ1) is 14.0. The number of nitrogens with zero attached hydrogens (tertiary/aromatic N) is 2. The van der Waals surface area contributed by atoms with Crippen molar-refractivity contribution >= 4 is 11.8 Å². The molecule has 0 aliphatic heterocycles. The van der Waals surface area contributed by atoms with Crippen LogP contribution in [-0.2, 0) is 0 Å². The number of aryl methyl sites for hydroxylation is 2. The number of hydrogen-bond acceptors (Lipinski definition) is 5. The lowest BCUT2D eigenvalue weighted by molar-refractivity contribution is 0.429. The van der Waals surface area contributed by atoms with Crippen molar-refractivity contribution < 1.29 is 8.81 Å². The van der Waals surface area contributed by atoms with Crippen LogP contribution in [-0.4, -0.2) is 17.2 Å². The molecule has 2 aromatic rings. The van der Waals surface area contributed by atoms with E-state index < -0.39 is 0 Å². The Kier molecular flexibility index (Phi) is 4.21. The van der Waals surface area contributed by atoms with Crippen LogP contribution in [0, 0.1) is 19.7 Å². The lowest BCUT2D eigenvalue weighted by Crippen LogP contribution is -2.13. The molecule has 1 N–H and O–H groups in total. The molecule has 1 unspecified atom stereocenters. The average molecular weight is 281 g/mol. The van der Waals surface area contributed by atoms with Crippen molar-refractivity contribution in [3.8, 4) is 0 Å². The highest BCUT2D eigenvalue weighted by molar-refractivity contribution is 7.99. The van der Waals surface area contributed by atoms with Gasteiger partial charge in [0.2, 0.25) is 5.89 Å². The highest BCUT2D eigenvalue weighted by Crippen LogP contribution is 2.34. The molecule has 0 saturated carbocycles. The van der Waals surface area contributed by atoms with Crippen molar-refractivity contribution in [2.45, 2.75) is 36.9 Å². The fourth-order valence-corrected chi connectivity index (χ4v) is 2.69. The highest BCUT2D eigenvalue weighted by Gasteiger charge is 2.15. The number of nitrogens with one attached hydrogen (secondary N) is 1. The molecule has 1 heterocycles. The minimum atomic E-state index is -0.205. The van der Waals surface area contributed by atoms with Gasteiger partial charge in [0.1, 0.15) is 5.82 Å². The number of hydrogen-bond donors (Lipinski definition) is 1. The molecule has 0 radical (unpaired) electrons. The maximum Gasteiger partial charge on any atom is 0.281 e. The third-order valence-electron chi connectivity index (χ3n) is 2.90. The summed E-state index contributed by atoms with van der Waals surface area (Å²) in [5, 5.41) is 11.3. The van der Waals surface area contributed by atoms with Crippen LogP contribution in [0.1, 0.15) is 30.0 Å². The van der Waals surface area contributed by atoms with Crippen LogP contribution in [0.25, 0.3) is 0 Å². The normalized spacial score (nSPS) is 12.7. The van der Waals surface area contributed by atoms with E-state index in [1.54, 1.807) is 19.9 Å². The van der Waals surface area contributed by atoms with Gasteiger partial charge in [0.25, 0.3) is 5.22 Å². The van der Waals surface area contributed by atoms with Crippen LogP contribution in [0.15, 0.2) is 26.7 Å². The predicted octanol–water partition coefficient (Wildman–Crippen LogP) is 3.26. The molecule has 0 bridgehead atoms. The Morgan fingerprint density at radius 2 is 2.05 bits per heavy atom. The van der Waals surface area contributed by atoms with Crippen molar-refractivity contribution in [2.75, 3.05) is 7.05 Å². The third kappa shape index (κ3) is 3.13. The first-order chi connectivity index (χ1) is 9.01. The molecule has 1 atom stereocenters. The highest BCUT2D eigenvalue weighted by atomic mass is 32.2. The van der Waals surface area contributed by atoms with E-state index in [1.165, 1.54) is 11.8 Å². The maximum absolute atomic E-state index is 13.7. The van der Waals surface area contributed by atoms with Gasteiger partial charge in [-0.3, -0.25) is 0 Å². The zero-order valence-electron chi connectivity index (χ0n) is 11.3. The SMILES string of the molecule is CNC(C)c1cc(F)c(C)cc1Sc1nnc(C)o1. The topological polar surface area (TPSA) is 51.0 Å². The quantitative estimate of drug-likeness (QED) is 0.932. The van der Waals surface area contributed by atoms with Crippen LogP contribution < -0.4 is 5.32 Å². The Morgan fingerprint density at radius 1 is 1.32 bits per heavy atom. The number of halogens is 1. The summed E-state index contributed by atoms with van der Waals surface area (Å²) >= 11 is 1.35. The van der Waals surface area contributed by atoms with Crippen molar-refractivity contribution in [1.29, 1.82) is 0 Å². The molecule has 6 heteroatoms. The van der Waals surface area contributed by atoms with E-state index in [9.17, 15) is 4.39 Å². The van der Waals surface area contributed by atoms with Gasteiger partial charge >= 0.3 is 0 Å². The van der Waals surface area contributed by atoms with Crippen LogP contribution in [0.4, 0.5) is 4.39 Å².